The van der Waals surface area contributed by atoms with Crippen LogP contribution in [0.25, 0.3) is 0 Å². The standard InChI is InChI=1S/C17H15F4NO4S/c1-26-16(23)15(10-11-2-6-13(18)7-3-11)22-27(24,25)14-8-4-12(5-9-14)17(19,20)21/h2-9,15,22H,10H2,1H3. The lowest BCUT2D eigenvalue weighted by atomic mass is 10.1. The van der Waals surface area contributed by atoms with Gasteiger partial charge in [0.15, 0.2) is 0 Å². The average molecular weight is 405 g/mol. The summed E-state index contributed by atoms with van der Waals surface area (Å²) < 4.78 is 82.2. The van der Waals surface area contributed by atoms with Crippen LogP contribution < -0.4 is 4.72 Å². The lowest BCUT2D eigenvalue weighted by molar-refractivity contribution is -0.142. The third-order valence-corrected chi connectivity index (χ3v) is 5.12. The number of methoxy groups -OCH3 is 1. The first-order valence-electron chi connectivity index (χ1n) is 7.55. The van der Waals surface area contributed by atoms with Gasteiger partial charge in [-0.1, -0.05) is 12.1 Å². The molecule has 27 heavy (non-hydrogen) atoms. The Balaban J connectivity index is 2.24. The maximum atomic E-state index is 13.0. The molecular weight excluding hydrogens is 390 g/mol. The number of alkyl halides is 3. The molecule has 0 saturated carbocycles. The van der Waals surface area contributed by atoms with E-state index in [1.807, 2.05) is 0 Å². The maximum absolute atomic E-state index is 13.0. The SMILES string of the molecule is COC(=O)C(Cc1ccc(F)cc1)NS(=O)(=O)c1ccc(C(F)(F)F)cc1. The minimum atomic E-state index is -4.60. The molecule has 0 saturated heterocycles. The molecular formula is C17H15F4NO4S. The van der Waals surface area contributed by atoms with Crippen LogP contribution in [0.2, 0.25) is 0 Å². The van der Waals surface area contributed by atoms with Crippen LogP contribution in [0.15, 0.2) is 53.4 Å². The van der Waals surface area contributed by atoms with E-state index in [0.29, 0.717) is 17.7 Å². The zero-order valence-corrected chi connectivity index (χ0v) is 14.8. The summed E-state index contributed by atoms with van der Waals surface area (Å²) in [7, 11) is -3.24. The molecule has 1 N–H and O–H groups in total. The Hall–Kier alpha value is -2.46. The van der Waals surface area contributed by atoms with E-state index in [2.05, 4.69) is 9.46 Å². The van der Waals surface area contributed by atoms with Crippen molar-refractivity contribution in [1.29, 1.82) is 0 Å². The molecule has 0 radical (unpaired) electrons. The topological polar surface area (TPSA) is 72.5 Å². The van der Waals surface area contributed by atoms with Gasteiger partial charge < -0.3 is 4.74 Å². The highest BCUT2D eigenvalue weighted by molar-refractivity contribution is 7.89. The number of esters is 1. The Morgan fingerprint density at radius 2 is 1.63 bits per heavy atom. The van der Waals surface area contributed by atoms with Gasteiger partial charge in [0.05, 0.1) is 17.6 Å². The van der Waals surface area contributed by atoms with Gasteiger partial charge >= 0.3 is 12.1 Å². The summed E-state index contributed by atoms with van der Waals surface area (Å²) in [5.74, 6) is -1.39. The Kier molecular flexibility index (Phi) is 6.22. The number of hydrogen-bond acceptors (Lipinski definition) is 4. The Morgan fingerprint density at radius 3 is 2.11 bits per heavy atom. The molecule has 5 nitrogen and oxygen atoms in total. The molecule has 0 aromatic heterocycles. The van der Waals surface area contributed by atoms with Crippen molar-refractivity contribution in [3.05, 3.63) is 65.5 Å². The molecule has 146 valence electrons. The van der Waals surface area contributed by atoms with Crippen LogP contribution in [-0.2, 0) is 32.2 Å². The number of hydrogen-bond donors (Lipinski definition) is 1. The van der Waals surface area contributed by atoms with E-state index in [1.54, 1.807) is 0 Å². The van der Waals surface area contributed by atoms with Gasteiger partial charge in [-0.15, -0.1) is 0 Å². The van der Waals surface area contributed by atoms with Crippen molar-refractivity contribution in [3.8, 4) is 0 Å². The normalized spacial score (nSPS) is 13.2. The van der Waals surface area contributed by atoms with E-state index in [0.717, 1.165) is 31.4 Å². The fourth-order valence-corrected chi connectivity index (χ4v) is 3.43. The van der Waals surface area contributed by atoms with Gasteiger partial charge in [-0.3, -0.25) is 4.79 Å². The molecule has 2 aromatic rings. The summed E-state index contributed by atoms with van der Waals surface area (Å²) >= 11 is 0. The zero-order valence-electron chi connectivity index (χ0n) is 14.0. The number of halogens is 4. The fourth-order valence-electron chi connectivity index (χ4n) is 2.25. The van der Waals surface area contributed by atoms with Crippen LogP contribution >= 0.6 is 0 Å². The monoisotopic (exact) mass is 405 g/mol. The van der Waals surface area contributed by atoms with Crippen LogP contribution in [0.4, 0.5) is 17.6 Å². The summed E-state index contributed by atoms with van der Waals surface area (Å²) in [6, 6.07) is 6.53. The van der Waals surface area contributed by atoms with E-state index in [9.17, 15) is 30.8 Å². The number of benzene rings is 2. The minimum absolute atomic E-state index is 0.132. The highest BCUT2D eigenvalue weighted by atomic mass is 32.2. The first kappa shape index (κ1) is 20.8. The van der Waals surface area contributed by atoms with Gasteiger partial charge in [0.25, 0.3) is 0 Å². The molecule has 2 rings (SSSR count). The molecule has 0 fully saturated rings. The molecule has 0 aliphatic carbocycles. The van der Waals surface area contributed by atoms with Gasteiger partial charge in [0, 0.05) is 0 Å². The van der Waals surface area contributed by atoms with Crippen molar-refractivity contribution in [1.82, 2.24) is 4.72 Å². The zero-order chi connectivity index (χ0) is 20.2. The Morgan fingerprint density at radius 1 is 1.07 bits per heavy atom. The number of nitrogens with one attached hydrogen (secondary N) is 1. The van der Waals surface area contributed by atoms with Crippen molar-refractivity contribution >= 4 is 16.0 Å². The molecule has 10 heteroatoms. The molecule has 0 aliphatic rings. The second-order valence-electron chi connectivity index (χ2n) is 5.55. The van der Waals surface area contributed by atoms with E-state index in [4.69, 9.17) is 0 Å². The largest absolute Gasteiger partial charge is 0.468 e. The summed E-state index contributed by atoms with van der Waals surface area (Å²) in [4.78, 5) is 11.5. The number of carbonyl (C=O) groups is 1. The third-order valence-electron chi connectivity index (χ3n) is 3.63. The minimum Gasteiger partial charge on any atom is -0.468 e. The maximum Gasteiger partial charge on any atom is 0.416 e. The Bertz CT molecular complexity index is 894. The molecule has 0 bridgehead atoms. The molecule has 0 heterocycles. The molecule has 1 atom stereocenters. The van der Waals surface area contributed by atoms with E-state index in [1.165, 1.54) is 12.1 Å². The van der Waals surface area contributed by atoms with Crippen molar-refractivity contribution in [3.63, 3.8) is 0 Å². The number of rotatable bonds is 6. The number of ether oxygens (including phenoxy) is 1. The first-order valence-corrected chi connectivity index (χ1v) is 9.03. The van der Waals surface area contributed by atoms with Crippen LogP contribution in [-0.4, -0.2) is 27.5 Å². The van der Waals surface area contributed by atoms with Crippen LogP contribution in [0.5, 0.6) is 0 Å². The summed E-state index contributed by atoms with van der Waals surface area (Å²) in [5, 5.41) is 0. The summed E-state index contributed by atoms with van der Waals surface area (Å²) in [6.45, 7) is 0. The van der Waals surface area contributed by atoms with Crippen molar-refractivity contribution < 1.29 is 35.5 Å². The van der Waals surface area contributed by atoms with E-state index < -0.39 is 44.5 Å². The predicted molar refractivity (Wildman–Crippen MR) is 87.7 cm³/mol. The summed E-state index contributed by atoms with van der Waals surface area (Å²) in [5.41, 5.74) is -0.542. The quantitative estimate of drug-likeness (QED) is 0.593. The smallest absolute Gasteiger partial charge is 0.416 e. The highest BCUT2D eigenvalue weighted by Gasteiger charge is 2.31. The van der Waals surface area contributed by atoms with Gasteiger partial charge in [-0.2, -0.15) is 17.9 Å². The summed E-state index contributed by atoms with van der Waals surface area (Å²) in [6.07, 6.45) is -4.74. The van der Waals surface area contributed by atoms with Gasteiger partial charge in [-0.25, -0.2) is 12.8 Å². The second kappa shape index (κ2) is 8.05. The second-order valence-corrected chi connectivity index (χ2v) is 7.26. The average Bonchev–Trinajstić information content (AvgIpc) is 2.61. The van der Waals surface area contributed by atoms with E-state index in [-0.39, 0.29) is 6.42 Å². The van der Waals surface area contributed by atoms with Gasteiger partial charge in [-0.05, 0) is 48.4 Å². The van der Waals surface area contributed by atoms with Crippen molar-refractivity contribution in [2.24, 2.45) is 0 Å². The molecule has 2 aromatic carbocycles. The fraction of sp³-hybridized carbons (Fsp3) is 0.235. The lowest BCUT2D eigenvalue weighted by Crippen LogP contribution is -2.43. The molecule has 1 unspecified atom stereocenters. The molecule has 0 spiro atoms. The lowest BCUT2D eigenvalue weighted by Gasteiger charge is -2.17. The molecule has 0 aliphatic heterocycles. The first-order chi connectivity index (χ1) is 12.5. The van der Waals surface area contributed by atoms with Gasteiger partial charge in [0.2, 0.25) is 10.0 Å². The van der Waals surface area contributed by atoms with Crippen LogP contribution in [0, 0.1) is 5.82 Å². The number of sulfonamides is 1. The number of carbonyl (C=O) groups excluding carboxylic acids is 1. The van der Waals surface area contributed by atoms with Gasteiger partial charge in [0.1, 0.15) is 11.9 Å². The van der Waals surface area contributed by atoms with Crippen molar-refractivity contribution in [2.45, 2.75) is 23.5 Å². The molecule has 0 amide bonds. The van der Waals surface area contributed by atoms with Crippen LogP contribution in [0.3, 0.4) is 0 Å². The highest BCUT2D eigenvalue weighted by Crippen LogP contribution is 2.29. The third kappa shape index (κ3) is 5.51. The van der Waals surface area contributed by atoms with Crippen LogP contribution in [0.1, 0.15) is 11.1 Å². The van der Waals surface area contributed by atoms with E-state index >= 15 is 0 Å². The Labute approximate surface area is 153 Å². The predicted octanol–water partition coefficient (Wildman–Crippen LogP) is 2.91. The van der Waals surface area contributed by atoms with Crippen molar-refractivity contribution in [2.75, 3.05) is 7.11 Å².